The first-order chi connectivity index (χ1) is 5.04. The Hall–Kier alpha value is -0.600. The van der Waals surface area contributed by atoms with Gasteiger partial charge in [-0.2, -0.15) is 0 Å². The molecule has 0 spiro atoms. The van der Waals surface area contributed by atoms with Gasteiger partial charge in [0.1, 0.15) is 5.60 Å². The fraction of sp³-hybridized carbons (Fsp3) is 0.556. The molecule has 64 valence electrons. The first kappa shape index (κ1) is 10.4. The number of hydrogen-bond donors (Lipinski definition) is 2. The Labute approximate surface area is 67.9 Å². The zero-order valence-corrected chi connectivity index (χ0v) is 7.33. The van der Waals surface area contributed by atoms with Crippen LogP contribution in [0.5, 0.6) is 0 Å². The van der Waals surface area contributed by atoms with Crippen LogP contribution in [0.4, 0.5) is 0 Å². The van der Waals surface area contributed by atoms with Crippen LogP contribution in [0.15, 0.2) is 23.8 Å². The van der Waals surface area contributed by atoms with E-state index in [-0.39, 0.29) is 6.61 Å². The number of allylic oxidation sites excluding steroid dienone is 3. The molecule has 2 N–H and O–H groups in total. The van der Waals surface area contributed by atoms with Crippen LogP contribution in [0.3, 0.4) is 0 Å². The smallest absolute Gasteiger partial charge is 0.106 e. The standard InChI is InChI=1S/C9H16O2/c1-4-5-6-8(2)9(3,11)7-10/h4-6,10-11H,7H2,1-3H3/b5-4?,8-6+. The summed E-state index contributed by atoms with van der Waals surface area (Å²) in [7, 11) is 0. The molecule has 0 saturated heterocycles. The summed E-state index contributed by atoms with van der Waals surface area (Å²) in [5, 5.41) is 18.2. The lowest BCUT2D eigenvalue weighted by Crippen LogP contribution is -2.30. The molecule has 0 radical (unpaired) electrons. The predicted molar refractivity (Wildman–Crippen MR) is 46.3 cm³/mol. The van der Waals surface area contributed by atoms with Crippen molar-refractivity contribution in [2.75, 3.05) is 6.61 Å². The molecule has 0 aliphatic heterocycles. The molecule has 2 heteroatoms. The summed E-state index contributed by atoms with van der Waals surface area (Å²) in [4.78, 5) is 0. The molecule has 0 saturated carbocycles. The highest BCUT2D eigenvalue weighted by atomic mass is 16.3. The van der Waals surface area contributed by atoms with Crippen LogP contribution < -0.4 is 0 Å². The van der Waals surface area contributed by atoms with Crippen LogP contribution in [0.2, 0.25) is 0 Å². The summed E-state index contributed by atoms with van der Waals surface area (Å²) in [6.45, 7) is 5.03. The first-order valence-electron chi connectivity index (χ1n) is 3.68. The molecule has 0 aromatic carbocycles. The Morgan fingerprint density at radius 3 is 2.45 bits per heavy atom. The number of hydrogen-bond acceptors (Lipinski definition) is 2. The van der Waals surface area contributed by atoms with Gasteiger partial charge in [-0.3, -0.25) is 0 Å². The van der Waals surface area contributed by atoms with E-state index in [1.807, 2.05) is 19.1 Å². The van der Waals surface area contributed by atoms with Crippen molar-refractivity contribution in [2.24, 2.45) is 0 Å². The molecule has 1 atom stereocenters. The molecule has 1 unspecified atom stereocenters. The molecule has 2 nitrogen and oxygen atoms in total. The third-order valence-corrected chi connectivity index (χ3v) is 1.70. The molecular formula is C9H16O2. The third-order valence-electron chi connectivity index (χ3n) is 1.70. The van der Waals surface area contributed by atoms with Crippen LogP contribution in [0, 0.1) is 0 Å². The number of rotatable bonds is 3. The van der Waals surface area contributed by atoms with Gasteiger partial charge in [-0.05, 0) is 26.3 Å². The molecule has 0 aromatic heterocycles. The van der Waals surface area contributed by atoms with Crippen molar-refractivity contribution in [1.82, 2.24) is 0 Å². The second kappa shape index (κ2) is 4.31. The van der Waals surface area contributed by atoms with Crippen LogP contribution >= 0.6 is 0 Å². The van der Waals surface area contributed by atoms with E-state index in [0.717, 1.165) is 5.57 Å². The van der Waals surface area contributed by atoms with E-state index >= 15 is 0 Å². The van der Waals surface area contributed by atoms with E-state index in [1.54, 1.807) is 19.9 Å². The molecule has 11 heavy (non-hydrogen) atoms. The first-order valence-corrected chi connectivity index (χ1v) is 3.68. The van der Waals surface area contributed by atoms with Gasteiger partial charge < -0.3 is 10.2 Å². The largest absolute Gasteiger partial charge is 0.393 e. The maximum absolute atomic E-state index is 9.47. The maximum atomic E-state index is 9.47. The van der Waals surface area contributed by atoms with Crippen molar-refractivity contribution in [1.29, 1.82) is 0 Å². The zero-order valence-electron chi connectivity index (χ0n) is 7.33. The number of aliphatic hydroxyl groups excluding tert-OH is 1. The molecule has 0 bridgehead atoms. The maximum Gasteiger partial charge on any atom is 0.106 e. The minimum atomic E-state index is -1.08. The lowest BCUT2D eigenvalue weighted by molar-refractivity contribution is 0.0334. The Balaban J connectivity index is 4.33. The van der Waals surface area contributed by atoms with Gasteiger partial charge in [-0.1, -0.05) is 18.2 Å². The Morgan fingerprint density at radius 1 is 1.55 bits per heavy atom. The molecular weight excluding hydrogens is 140 g/mol. The minimum absolute atomic E-state index is 0.243. The Bertz CT molecular complexity index is 166. The predicted octanol–water partition coefficient (Wildman–Crippen LogP) is 1.25. The average Bonchev–Trinajstić information content (AvgIpc) is 2.00. The fourth-order valence-corrected chi connectivity index (χ4v) is 0.545. The van der Waals surface area contributed by atoms with Gasteiger partial charge in [-0.25, -0.2) is 0 Å². The van der Waals surface area contributed by atoms with Crippen LogP contribution in [-0.2, 0) is 0 Å². The van der Waals surface area contributed by atoms with Gasteiger partial charge in [0.05, 0.1) is 6.61 Å². The molecule has 0 aromatic rings. The second-order valence-electron chi connectivity index (χ2n) is 2.81. The van der Waals surface area contributed by atoms with Gasteiger partial charge in [0, 0.05) is 0 Å². The van der Waals surface area contributed by atoms with Gasteiger partial charge in [0.15, 0.2) is 0 Å². The molecule has 0 fully saturated rings. The minimum Gasteiger partial charge on any atom is -0.393 e. The van der Waals surface area contributed by atoms with E-state index in [4.69, 9.17) is 5.11 Å². The number of aliphatic hydroxyl groups is 2. The fourth-order valence-electron chi connectivity index (χ4n) is 0.545. The van der Waals surface area contributed by atoms with E-state index in [0.29, 0.717) is 0 Å². The van der Waals surface area contributed by atoms with Crippen molar-refractivity contribution in [3.05, 3.63) is 23.8 Å². The van der Waals surface area contributed by atoms with E-state index in [9.17, 15) is 5.11 Å². The van der Waals surface area contributed by atoms with Crippen molar-refractivity contribution in [3.63, 3.8) is 0 Å². The SMILES string of the molecule is CC=C/C=C(\C)C(C)(O)CO. The Kier molecular flexibility index (Phi) is 4.08. The second-order valence-corrected chi connectivity index (χ2v) is 2.81. The van der Waals surface area contributed by atoms with Gasteiger partial charge >= 0.3 is 0 Å². The lowest BCUT2D eigenvalue weighted by Gasteiger charge is -2.20. The lowest BCUT2D eigenvalue weighted by atomic mass is 9.98. The van der Waals surface area contributed by atoms with Gasteiger partial charge in [0.25, 0.3) is 0 Å². The quantitative estimate of drug-likeness (QED) is 0.604. The normalized spacial score (nSPS) is 18.8. The molecule has 0 aliphatic carbocycles. The van der Waals surface area contributed by atoms with Crippen molar-refractivity contribution in [2.45, 2.75) is 26.4 Å². The van der Waals surface area contributed by atoms with Crippen molar-refractivity contribution < 1.29 is 10.2 Å². The van der Waals surface area contributed by atoms with E-state index < -0.39 is 5.60 Å². The summed E-state index contributed by atoms with van der Waals surface area (Å²) < 4.78 is 0. The molecule has 0 heterocycles. The zero-order chi connectivity index (χ0) is 8.91. The van der Waals surface area contributed by atoms with Crippen LogP contribution in [0.25, 0.3) is 0 Å². The monoisotopic (exact) mass is 156 g/mol. The summed E-state index contributed by atoms with van der Waals surface area (Å²) in [6, 6.07) is 0. The molecule has 0 amide bonds. The average molecular weight is 156 g/mol. The summed E-state index contributed by atoms with van der Waals surface area (Å²) in [5.74, 6) is 0. The highest BCUT2D eigenvalue weighted by Gasteiger charge is 2.19. The van der Waals surface area contributed by atoms with E-state index in [2.05, 4.69) is 0 Å². The highest BCUT2D eigenvalue weighted by molar-refractivity contribution is 5.18. The van der Waals surface area contributed by atoms with E-state index in [1.165, 1.54) is 0 Å². The third kappa shape index (κ3) is 3.35. The molecule has 0 rings (SSSR count). The van der Waals surface area contributed by atoms with Gasteiger partial charge in [0.2, 0.25) is 0 Å². The highest BCUT2D eigenvalue weighted by Crippen LogP contribution is 2.14. The summed E-state index contributed by atoms with van der Waals surface area (Å²) in [5.41, 5.74) is -0.322. The Morgan fingerprint density at radius 2 is 2.09 bits per heavy atom. The summed E-state index contributed by atoms with van der Waals surface area (Å²) >= 11 is 0. The topological polar surface area (TPSA) is 40.5 Å². The van der Waals surface area contributed by atoms with Crippen LogP contribution in [-0.4, -0.2) is 22.4 Å². The van der Waals surface area contributed by atoms with Crippen LogP contribution in [0.1, 0.15) is 20.8 Å². The van der Waals surface area contributed by atoms with Crippen molar-refractivity contribution >= 4 is 0 Å². The molecule has 0 aliphatic rings. The summed E-state index contributed by atoms with van der Waals surface area (Å²) in [6.07, 6.45) is 5.49. The van der Waals surface area contributed by atoms with Gasteiger partial charge in [-0.15, -0.1) is 0 Å². The van der Waals surface area contributed by atoms with Crippen molar-refractivity contribution in [3.8, 4) is 0 Å².